The minimum Gasteiger partial charge on any atom is -0.496 e. The van der Waals surface area contributed by atoms with Crippen molar-refractivity contribution in [2.24, 2.45) is 0 Å². The summed E-state index contributed by atoms with van der Waals surface area (Å²) >= 11 is 6.35. The van der Waals surface area contributed by atoms with E-state index in [0.29, 0.717) is 35.4 Å². The monoisotopic (exact) mass is 482 g/mol. The minimum absolute atomic E-state index is 0.114. The van der Waals surface area contributed by atoms with E-state index in [1.165, 1.54) is 12.3 Å². The van der Waals surface area contributed by atoms with Crippen molar-refractivity contribution < 1.29 is 13.9 Å². The van der Waals surface area contributed by atoms with E-state index < -0.39 is 5.82 Å². The van der Waals surface area contributed by atoms with Crippen LogP contribution in [0, 0.1) is 5.82 Å². The summed E-state index contributed by atoms with van der Waals surface area (Å²) < 4.78 is 27.1. The van der Waals surface area contributed by atoms with Gasteiger partial charge in [0.1, 0.15) is 17.1 Å². The number of ether oxygens (including phenoxy) is 2. The first-order chi connectivity index (χ1) is 16.5. The zero-order chi connectivity index (χ0) is 23.8. The number of nitrogen functional groups attached to an aromatic ring is 1. The number of imidazole rings is 1. The first-order valence-corrected chi connectivity index (χ1v) is 11.2. The molecule has 2 N–H and O–H groups in total. The summed E-state index contributed by atoms with van der Waals surface area (Å²) in [6.45, 7) is 2.72. The van der Waals surface area contributed by atoms with Gasteiger partial charge in [0, 0.05) is 68.2 Å². The van der Waals surface area contributed by atoms with Gasteiger partial charge in [0.15, 0.2) is 11.6 Å². The van der Waals surface area contributed by atoms with Crippen molar-refractivity contribution in [1.82, 2.24) is 14.4 Å². The van der Waals surface area contributed by atoms with Gasteiger partial charge in [-0.2, -0.15) is 0 Å². The zero-order valence-electron chi connectivity index (χ0n) is 18.8. The van der Waals surface area contributed by atoms with Gasteiger partial charge in [0.05, 0.1) is 30.6 Å². The Kier molecular flexibility index (Phi) is 5.79. The summed E-state index contributed by atoms with van der Waals surface area (Å²) in [5.41, 5.74) is 9.18. The topological polar surface area (TPSA) is 81.2 Å². The number of benzene rings is 1. The van der Waals surface area contributed by atoms with Crippen molar-refractivity contribution in [2.75, 3.05) is 55.9 Å². The van der Waals surface area contributed by atoms with E-state index >= 15 is 0 Å². The molecule has 4 heterocycles. The van der Waals surface area contributed by atoms with Crippen LogP contribution in [0.1, 0.15) is 0 Å². The molecule has 4 aromatic rings. The van der Waals surface area contributed by atoms with Crippen LogP contribution >= 0.6 is 11.6 Å². The third kappa shape index (κ3) is 3.92. The number of nitrogens with two attached hydrogens (primary N) is 1. The van der Waals surface area contributed by atoms with Gasteiger partial charge in [-0.25, -0.2) is 14.4 Å². The third-order valence-corrected chi connectivity index (χ3v) is 6.33. The van der Waals surface area contributed by atoms with Gasteiger partial charge in [-0.1, -0.05) is 11.6 Å². The number of hydrogen-bond acceptors (Lipinski definition) is 7. The lowest BCUT2D eigenvalue weighted by atomic mass is 10.1. The highest BCUT2D eigenvalue weighted by molar-refractivity contribution is 6.32. The first kappa shape index (κ1) is 22.1. The number of nitrogens with zero attached hydrogens (tertiary/aromatic N) is 5. The Morgan fingerprint density at radius 3 is 2.47 bits per heavy atom. The largest absolute Gasteiger partial charge is 0.496 e. The van der Waals surface area contributed by atoms with Gasteiger partial charge < -0.3 is 29.4 Å². The van der Waals surface area contributed by atoms with Crippen molar-refractivity contribution in [3.8, 4) is 22.8 Å². The first-order valence-electron chi connectivity index (χ1n) is 10.8. The van der Waals surface area contributed by atoms with Crippen molar-refractivity contribution in [2.45, 2.75) is 0 Å². The molecule has 34 heavy (non-hydrogen) atoms. The molecular formula is C24H24ClFN6O2. The van der Waals surface area contributed by atoms with E-state index in [0.717, 1.165) is 35.7 Å². The van der Waals surface area contributed by atoms with Crippen LogP contribution in [0.4, 0.5) is 21.6 Å². The molecule has 1 fully saturated rings. The third-order valence-electron chi connectivity index (χ3n) is 6.04. The fraction of sp³-hybridized carbons (Fsp3) is 0.250. The molecule has 8 nitrogen and oxygen atoms in total. The minimum atomic E-state index is -0.462. The number of pyridine rings is 2. The number of hydrogen-bond donors (Lipinski definition) is 1. The fourth-order valence-electron chi connectivity index (χ4n) is 4.20. The van der Waals surface area contributed by atoms with Crippen LogP contribution in [0.2, 0.25) is 5.02 Å². The number of fused-ring (bicyclic) bond motifs is 1. The van der Waals surface area contributed by atoms with E-state index in [-0.39, 0.29) is 5.69 Å². The summed E-state index contributed by atoms with van der Waals surface area (Å²) in [5, 5.41) is 0.486. The maximum atomic E-state index is 14.4. The number of aromatic nitrogens is 3. The summed E-state index contributed by atoms with van der Waals surface area (Å²) in [5.74, 6) is 1.01. The molecule has 1 aliphatic rings. The summed E-state index contributed by atoms with van der Waals surface area (Å²) in [7, 11) is 3.17. The Morgan fingerprint density at radius 1 is 1.00 bits per heavy atom. The van der Waals surface area contributed by atoms with Gasteiger partial charge in [0.25, 0.3) is 0 Å². The zero-order valence-corrected chi connectivity index (χ0v) is 19.6. The van der Waals surface area contributed by atoms with Crippen LogP contribution in [0.15, 0.2) is 48.9 Å². The average Bonchev–Trinajstić information content (AvgIpc) is 3.29. The highest BCUT2D eigenvalue weighted by Gasteiger charge is 2.22. The molecule has 0 radical (unpaired) electrons. The van der Waals surface area contributed by atoms with Gasteiger partial charge in [-0.05, 0) is 18.2 Å². The molecule has 0 unspecified atom stereocenters. The molecule has 10 heteroatoms. The fourth-order valence-corrected chi connectivity index (χ4v) is 4.44. The highest BCUT2D eigenvalue weighted by Crippen LogP contribution is 2.38. The molecule has 0 aliphatic carbocycles. The van der Waals surface area contributed by atoms with Crippen molar-refractivity contribution in [1.29, 1.82) is 0 Å². The van der Waals surface area contributed by atoms with Gasteiger partial charge in [-0.3, -0.25) is 0 Å². The maximum Gasteiger partial charge on any atom is 0.188 e. The smallest absolute Gasteiger partial charge is 0.188 e. The lowest BCUT2D eigenvalue weighted by Crippen LogP contribution is -2.47. The summed E-state index contributed by atoms with van der Waals surface area (Å²) in [6.07, 6.45) is 5.45. The molecule has 0 spiro atoms. The summed E-state index contributed by atoms with van der Waals surface area (Å²) in [6, 6.07) is 9.11. The standard InChI is InChI=1S/C24H24ClFN6O2/c1-33-20-13-21(34-2)17(25)12-16(20)19-14-32-6-4-15(11-22(32)29-19)30-7-9-31(10-8-30)24-23(26)18(27)3-5-28-24/h3-6,11-14H,7-10H2,1-2H3,(H2,27,28). The second-order valence-corrected chi connectivity index (χ2v) is 8.38. The van der Waals surface area contributed by atoms with Gasteiger partial charge in [0.2, 0.25) is 0 Å². The van der Waals surface area contributed by atoms with E-state index in [1.54, 1.807) is 26.4 Å². The van der Waals surface area contributed by atoms with Crippen LogP contribution in [0.3, 0.4) is 0 Å². The molecule has 0 amide bonds. The van der Waals surface area contributed by atoms with Crippen LogP contribution in [-0.4, -0.2) is 54.8 Å². The second kappa shape index (κ2) is 8.90. The van der Waals surface area contributed by atoms with Gasteiger partial charge in [-0.15, -0.1) is 0 Å². The van der Waals surface area contributed by atoms with Crippen molar-refractivity contribution in [3.05, 3.63) is 59.8 Å². The lowest BCUT2D eigenvalue weighted by Gasteiger charge is -2.36. The average molecular weight is 483 g/mol. The number of piperazine rings is 1. The molecule has 3 aromatic heterocycles. The Hall–Kier alpha value is -3.72. The SMILES string of the molecule is COc1cc(OC)c(-c2cn3ccc(N4CCN(c5nccc(N)c5F)CC4)cc3n2)cc1Cl. The predicted octanol–water partition coefficient (Wildman–Crippen LogP) is 4.11. The molecule has 176 valence electrons. The van der Waals surface area contributed by atoms with Crippen molar-refractivity contribution in [3.63, 3.8) is 0 Å². The number of rotatable bonds is 5. The summed E-state index contributed by atoms with van der Waals surface area (Å²) in [4.78, 5) is 13.2. The van der Waals surface area contributed by atoms with Crippen LogP contribution in [-0.2, 0) is 0 Å². The number of anilines is 3. The molecule has 1 aliphatic heterocycles. The molecular weight excluding hydrogens is 459 g/mol. The van der Waals surface area contributed by atoms with Crippen LogP contribution in [0.25, 0.3) is 16.9 Å². The molecule has 0 atom stereocenters. The molecule has 5 rings (SSSR count). The quantitative estimate of drug-likeness (QED) is 0.458. The Morgan fingerprint density at radius 2 is 1.74 bits per heavy atom. The van der Waals surface area contributed by atoms with Gasteiger partial charge >= 0.3 is 0 Å². The number of halogens is 2. The van der Waals surface area contributed by atoms with E-state index in [9.17, 15) is 4.39 Å². The molecule has 1 saturated heterocycles. The molecule has 1 aromatic carbocycles. The molecule has 0 bridgehead atoms. The Bertz CT molecular complexity index is 1350. The van der Waals surface area contributed by atoms with Crippen LogP contribution < -0.4 is 25.0 Å². The normalized spacial score (nSPS) is 14.0. The number of methoxy groups -OCH3 is 2. The maximum absolute atomic E-state index is 14.4. The van der Waals surface area contributed by atoms with E-state index in [2.05, 4.69) is 9.88 Å². The second-order valence-electron chi connectivity index (χ2n) is 7.98. The van der Waals surface area contributed by atoms with Crippen molar-refractivity contribution >= 4 is 34.4 Å². The molecule has 0 saturated carbocycles. The Labute approximate surface area is 201 Å². The lowest BCUT2D eigenvalue weighted by molar-refractivity contribution is 0.395. The van der Waals surface area contributed by atoms with Crippen LogP contribution in [0.5, 0.6) is 11.5 Å². The van der Waals surface area contributed by atoms with E-state index in [4.69, 9.17) is 31.8 Å². The highest BCUT2D eigenvalue weighted by atomic mass is 35.5. The van der Waals surface area contributed by atoms with E-state index in [1.807, 2.05) is 33.8 Å². The predicted molar refractivity (Wildman–Crippen MR) is 132 cm³/mol. The Balaban J connectivity index is 1.38.